The molecule has 0 amide bonds. The molecule has 0 spiro atoms. The molecule has 0 bridgehead atoms. The van der Waals surface area contributed by atoms with Crippen molar-refractivity contribution in [2.75, 3.05) is 0 Å². The predicted molar refractivity (Wildman–Crippen MR) is 178 cm³/mol. The summed E-state index contributed by atoms with van der Waals surface area (Å²) in [5.74, 6) is 0. The molecule has 0 unspecified atom stereocenters. The smallest absolute Gasteiger partial charge is 0.00201 e. The quantitative estimate of drug-likeness (QED) is 0.200. The van der Waals surface area contributed by atoms with E-state index in [1.807, 2.05) is 24.3 Å². The minimum absolute atomic E-state index is 1.05. The van der Waals surface area contributed by atoms with E-state index in [9.17, 15) is 0 Å². The third-order valence-corrected chi connectivity index (χ3v) is 7.77. The van der Waals surface area contributed by atoms with Crippen molar-refractivity contribution >= 4 is 45.8 Å². The molecule has 0 fully saturated rings. The Balaban J connectivity index is 1.77. The summed E-state index contributed by atoms with van der Waals surface area (Å²) in [7, 11) is 0. The summed E-state index contributed by atoms with van der Waals surface area (Å²) in [6.45, 7) is 16.8. The topological polar surface area (TPSA) is 0 Å². The molecule has 0 aliphatic carbocycles. The number of hydrogen-bond acceptors (Lipinski definition) is 0. The molecule has 40 heavy (non-hydrogen) atoms. The third-order valence-electron chi connectivity index (χ3n) is 7.77. The van der Waals surface area contributed by atoms with Crippen LogP contribution < -0.4 is 0 Å². The number of fused-ring (bicyclic) bond motifs is 2. The SMILES string of the molecule is C=Cc1cccc(-c2c(C=C)c(C=C)c(-c3ccccc3)c3ccc(-c4ccc5ccccc5c4)cc23)c1C=C. The lowest BCUT2D eigenvalue weighted by atomic mass is 9.81. The van der Waals surface area contributed by atoms with Gasteiger partial charge in [0.05, 0.1) is 0 Å². The third kappa shape index (κ3) is 4.11. The van der Waals surface area contributed by atoms with E-state index in [4.69, 9.17) is 0 Å². The largest absolute Gasteiger partial charge is 0.0984 e. The second kappa shape index (κ2) is 10.5. The molecule has 6 aromatic rings. The van der Waals surface area contributed by atoms with Crippen molar-refractivity contribution < 1.29 is 0 Å². The zero-order chi connectivity index (χ0) is 27.6. The summed E-state index contributed by atoms with van der Waals surface area (Å²) in [5, 5.41) is 4.80. The van der Waals surface area contributed by atoms with Gasteiger partial charge in [-0.1, -0.05) is 148 Å². The van der Waals surface area contributed by atoms with Crippen LogP contribution in [-0.4, -0.2) is 0 Å². The molecule has 0 N–H and O–H groups in total. The molecule has 190 valence electrons. The van der Waals surface area contributed by atoms with Crippen molar-refractivity contribution in [1.82, 2.24) is 0 Å². The molecule has 0 saturated carbocycles. The summed E-state index contributed by atoms with van der Waals surface area (Å²) in [5.41, 5.74) is 11.1. The molecule has 6 rings (SSSR count). The Kier molecular flexibility index (Phi) is 6.60. The zero-order valence-electron chi connectivity index (χ0n) is 22.5. The molecule has 0 heteroatoms. The van der Waals surface area contributed by atoms with Gasteiger partial charge in [0.25, 0.3) is 0 Å². The maximum absolute atomic E-state index is 4.29. The molecule has 0 aromatic heterocycles. The lowest BCUT2D eigenvalue weighted by molar-refractivity contribution is 1.55. The maximum atomic E-state index is 4.29. The minimum atomic E-state index is 1.05. The summed E-state index contributed by atoms with van der Waals surface area (Å²) < 4.78 is 0. The van der Waals surface area contributed by atoms with Gasteiger partial charge in [-0.15, -0.1) is 0 Å². The normalized spacial score (nSPS) is 10.9. The monoisotopic (exact) mass is 510 g/mol. The highest BCUT2D eigenvalue weighted by atomic mass is 14.2. The van der Waals surface area contributed by atoms with Crippen LogP contribution in [0.1, 0.15) is 22.3 Å². The van der Waals surface area contributed by atoms with Gasteiger partial charge in [-0.3, -0.25) is 0 Å². The van der Waals surface area contributed by atoms with Gasteiger partial charge in [-0.05, 0) is 89.3 Å². The first-order chi connectivity index (χ1) is 19.7. The molecule has 0 saturated heterocycles. The fraction of sp³-hybridized carbons (Fsp3) is 0. The Morgan fingerprint density at radius 2 is 1.05 bits per heavy atom. The molecule has 0 aliphatic heterocycles. The fourth-order valence-electron chi connectivity index (χ4n) is 5.91. The fourth-order valence-corrected chi connectivity index (χ4v) is 5.91. The second-order valence-electron chi connectivity index (χ2n) is 9.89. The Hall–Kier alpha value is -5.20. The van der Waals surface area contributed by atoms with E-state index >= 15 is 0 Å². The van der Waals surface area contributed by atoms with E-state index in [1.165, 1.54) is 27.3 Å². The van der Waals surface area contributed by atoms with E-state index in [2.05, 4.69) is 136 Å². The number of rotatable bonds is 7. The molecule has 0 aliphatic rings. The Morgan fingerprint density at radius 1 is 0.400 bits per heavy atom. The second-order valence-corrected chi connectivity index (χ2v) is 9.89. The first-order valence-electron chi connectivity index (χ1n) is 13.5. The van der Waals surface area contributed by atoms with Gasteiger partial charge in [-0.25, -0.2) is 0 Å². The standard InChI is InChI=1S/C40H30/c1-5-27-19-14-20-36(33(27)6-2)40-35(8-4)34(7-3)39(29-16-10-9-11-17-29)37-24-23-32(26-38(37)40)31-22-21-28-15-12-13-18-30(28)25-31/h5-26H,1-4H2. The first kappa shape index (κ1) is 25.1. The molecule has 0 heterocycles. The molecule has 0 nitrogen and oxygen atoms in total. The van der Waals surface area contributed by atoms with Gasteiger partial charge in [0.15, 0.2) is 0 Å². The summed E-state index contributed by atoms with van der Waals surface area (Å²) in [4.78, 5) is 0. The van der Waals surface area contributed by atoms with Crippen molar-refractivity contribution in [3.63, 3.8) is 0 Å². The van der Waals surface area contributed by atoms with Gasteiger partial charge in [0.2, 0.25) is 0 Å². The minimum Gasteiger partial charge on any atom is -0.0984 e. The van der Waals surface area contributed by atoms with E-state index in [1.54, 1.807) is 0 Å². The van der Waals surface area contributed by atoms with Crippen molar-refractivity contribution in [2.45, 2.75) is 0 Å². The van der Waals surface area contributed by atoms with Crippen LogP contribution in [0, 0.1) is 0 Å². The lowest BCUT2D eigenvalue weighted by Crippen LogP contribution is -1.98. The van der Waals surface area contributed by atoms with Crippen LogP contribution in [0.5, 0.6) is 0 Å². The number of benzene rings is 6. The van der Waals surface area contributed by atoms with Gasteiger partial charge in [-0.2, -0.15) is 0 Å². The van der Waals surface area contributed by atoms with Gasteiger partial charge >= 0.3 is 0 Å². The van der Waals surface area contributed by atoms with Crippen LogP contribution in [0.4, 0.5) is 0 Å². The zero-order valence-corrected chi connectivity index (χ0v) is 22.5. The van der Waals surface area contributed by atoms with Crippen LogP contribution in [0.2, 0.25) is 0 Å². The summed E-state index contributed by atoms with van der Waals surface area (Å²) >= 11 is 0. The molecule has 0 atom stereocenters. The molecular formula is C40H30. The van der Waals surface area contributed by atoms with Crippen molar-refractivity contribution in [1.29, 1.82) is 0 Å². The highest BCUT2D eigenvalue weighted by Crippen LogP contribution is 2.46. The molecule has 6 aromatic carbocycles. The average Bonchev–Trinajstić information content (AvgIpc) is 3.02. The van der Waals surface area contributed by atoms with E-state index in [0.29, 0.717) is 0 Å². The summed E-state index contributed by atoms with van der Waals surface area (Å²) in [6.07, 6.45) is 7.75. The van der Waals surface area contributed by atoms with Crippen LogP contribution in [0.3, 0.4) is 0 Å². The Labute approximate surface area is 236 Å². The van der Waals surface area contributed by atoms with Crippen LogP contribution in [0.15, 0.2) is 136 Å². The van der Waals surface area contributed by atoms with Crippen molar-refractivity contribution in [3.05, 3.63) is 158 Å². The van der Waals surface area contributed by atoms with Crippen LogP contribution in [-0.2, 0) is 0 Å². The maximum Gasteiger partial charge on any atom is -0.00201 e. The van der Waals surface area contributed by atoms with Crippen molar-refractivity contribution in [2.24, 2.45) is 0 Å². The highest BCUT2D eigenvalue weighted by Gasteiger charge is 2.21. The van der Waals surface area contributed by atoms with Gasteiger partial charge in [0.1, 0.15) is 0 Å². The van der Waals surface area contributed by atoms with E-state index < -0.39 is 0 Å². The van der Waals surface area contributed by atoms with Gasteiger partial charge < -0.3 is 0 Å². The number of hydrogen-bond donors (Lipinski definition) is 0. The van der Waals surface area contributed by atoms with Crippen molar-refractivity contribution in [3.8, 4) is 33.4 Å². The highest BCUT2D eigenvalue weighted by molar-refractivity contribution is 6.13. The summed E-state index contributed by atoms with van der Waals surface area (Å²) in [6, 6.07) is 38.9. The average molecular weight is 511 g/mol. The Morgan fingerprint density at radius 3 is 1.77 bits per heavy atom. The lowest BCUT2D eigenvalue weighted by Gasteiger charge is -2.22. The molecule has 0 radical (unpaired) electrons. The Bertz CT molecular complexity index is 1950. The van der Waals surface area contributed by atoms with E-state index in [-0.39, 0.29) is 0 Å². The molecular weight excluding hydrogens is 480 g/mol. The first-order valence-corrected chi connectivity index (χ1v) is 13.5. The van der Waals surface area contributed by atoms with Gasteiger partial charge in [0, 0.05) is 0 Å². The van der Waals surface area contributed by atoms with E-state index in [0.717, 1.165) is 49.9 Å². The predicted octanol–water partition coefficient (Wildman–Crippen LogP) is 11.6. The van der Waals surface area contributed by atoms with Crippen LogP contribution in [0.25, 0.3) is 79.2 Å². The van der Waals surface area contributed by atoms with Crippen LogP contribution >= 0.6 is 0 Å².